The fourth-order valence-electron chi connectivity index (χ4n) is 1.25. The SMILES string of the molecule is O=C([O-])c1cnn2c1COCC2.[Li+]. The number of carboxylic acids is 1. The van der Waals surface area contributed by atoms with Crippen LogP contribution in [0.25, 0.3) is 0 Å². The van der Waals surface area contributed by atoms with Crippen LogP contribution in [0.4, 0.5) is 0 Å². The van der Waals surface area contributed by atoms with E-state index in [4.69, 9.17) is 4.74 Å². The zero-order valence-corrected chi connectivity index (χ0v) is 7.32. The summed E-state index contributed by atoms with van der Waals surface area (Å²) in [5.74, 6) is -1.19. The van der Waals surface area contributed by atoms with E-state index < -0.39 is 5.97 Å². The molecule has 0 amide bonds. The molecule has 2 heterocycles. The number of carbonyl (C=O) groups excluding carboxylic acids is 1. The molecule has 5 nitrogen and oxygen atoms in total. The van der Waals surface area contributed by atoms with Crippen molar-refractivity contribution in [3.05, 3.63) is 17.5 Å². The molecule has 0 aliphatic carbocycles. The van der Waals surface area contributed by atoms with Crippen molar-refractivity contribution in [1.82, 2.24) is 9.78 Å². The summed E-state index contributed by atoms with van der Waals surface area (Å²) < 4.78 is 6.73. The molecular weight excluding hydrogens is 167 g/mol. The molecule has 0 aromatic carbocycles. The summed E-state index contributed by atoms with van der Waals surface area (Å²) in [5, 5.41) is 14.4. The van der Waals surface area contributed by atoms with Crippen molar-refractivity contribution < 1.29 is 33.5 Å². The number of carboxylic acid groups (broad SMARTS) is 1. The van der Waals surface area contributed by atoms with Crippen molar-refractivity contribution in [1.29, 1.82) is 0 Å². The predicted molar refractivity (Wildman–Crippen MR) is 36.2 cm³/mol. The zero-order chi connectivity index (χ0) is 8.55. The van der Waals surface area contributed by atoms with Gasteiger partial charge in [0.15, 0.2) is 0 Å². The van der Waals surface area contributed by atoms with Gasteiger partial charge in [0, 0.05) is 5.56 Å². The molecule has 0 bridgehead atoms. The van der Waals surface area contributed by atoms with Crippen molar-refractivity contribution in [3.8, 4) is 0 Å². The first-order chi connectivity index (χ1) is 5.79. The summed E-state index contributed by atoms with van der Waals surface area (Å²) in [5.41, 5.74) is 0.732. The van der Waals surface area contributed by atoms with Crippen LogP contribution in [0.2, 0.25) is 0 Å². The maximum Gasteiger partial charge on any atom is 1.00 e. The minimum atomic E-state index is -1.19. The van der Waals surface area contributed by atoms with E-state index >= 15 is 0 Å². The molecule has 0 radical (unpaired) electrons. The van der Waals surface area contributed by atoms with E-state index in [1.54, 1.807) is 4.68 Å². The Morgan fingerprint density at radius 1 is 1.69 bits per heavy atom. The van der Waals surface area contributed by atoms with E-state index in [0.717, 1.165) is 0 Å². The van der Waals surface area contributed by atoms with Crippen molar-refractivity contribution in [2.75, 3.05) is 6.61 Å². The fourth-order valence-corrected chi connectivity index (χ4v) is 1.25. The molecule has 13 heavy (non-hydrogen) atoms. The van der Waals surface area contributed by atoms with E-state index in [1.807, 2.05) is 0 Å². The summed E-state index contributed by atoms with van der Waals surface area (Å²) >= 11 is 0. The van der Waals surface area contributed by atoms with Gasteiger partial charge in [-0.2, -0.15) is 5.10 Å². The average Bonchev–Trinajstić information content (AvgIpc) is 2.47. The second-order valence-corrected chi connectivity index (χ2v) is 2.57. The summed E-state index contributed by atoms with van der Waals surface area (Å²) in [4.78, 5) is 10.5. The Labute approximate surface area is 86.9 Å². The number of hydrogen-bond acceptors (Lipinski definition) is 4. The third-order valence-corrected chi connectivity index (χ3v) is 1.85. The number of aromatic nitrogens is 2. The van der Waals surface area contributed by atoms with Crippen molar-refractivity contribution >= 4 is 5.97 Å². The molecule has 0 spiro atoms. The van der Waals surface area contributed by atoms with Gasteiger partial charge in [-0.25, -0.2) is 0 Å². The van der Waals surface area contributed by atoms with Crippen LogP contribution in [0, 0.1) is 0 Å². The van der Waals surface area contributed by atoms with E-state index in [9.17, 15) is 9.90 Å². The van der Waals surface area contributed by atoms with Gasteiger partial charge in [0.05, 0.1) is 37.6 Å². The Bertz CT molecular complexity index is 324. The molecule has 2 rings (SSSR count). The number of hydrogen-bond donors (Lipinski definition) is 0. The third-order valence-electron chi connectivity index (χ3n) is 1.85. The van der Waals surface area contributed by atoms with Crippen LogP contribution in [-0.2, 0) is 17.9 Å². The van der Waals surface area contributed by atoms with Crippen LogP contribution in [0.15, 0.2) is 6.20 Å². The van der Waals surface area contributed by atoms with Gasteiger partial charge in [-0.3, -0.25) is 4.68 Å². The summed E-state index contributed by atoms with van der Waals surface area (Å²) in [6.07, 6.45) is 1.30. The Morgan fingerprint density at radius 3 is 3.15 bits per heavy atom. The Kier molecular flexibility index (Phi) is 3.15. The molecular formula is C7H7LiN2O3. The number of carbonyl (C=O) groups is 1. The van der Waals surface area contributed by atoms with E-state index in [1.165, 1.54) is 6.20 Å². The monoisotopic (exact) mass is 174 g/mol. The Balaban J connectivity index is 0.000000845. The molecule has 6 heteroatoms. The Hall–Kier alpha value is -0.763. The predicted octanol–water partition coefficient (Wildman–Crippen LogP) is -4.22. The maximum atomic E-state index is 10.5. The summed E-state index contributed by atoms with van der Waals surface area (Å²) in [6.45, 7) is 1.51. The first-order valence-corrected chi connectivity index (χ1v) is 3.63. The Morgan fingerprint density at radius 2 is 2.46 bits per heavy atom. The standard InChI is InChI=1S/C7H8N2O3.Li/c10-7(11)5-3-8-9-1-2-12-4-6(5)9;/h3H,1-2,4H2,(H,10,11);/q;+1/p-1. The normalized spacial score (nSPS) is 14.5. The van der Waals surface area contributed by atoms with Crippen LogP contribution in [-0.4, -0.2) is 22.4 Å². The van der Waals surface area contributed by atoms with Crippen LogP contribution in [0.3, 0.4) is 0 Å². The quantitative estimate of drug-likeness (QED) is 0.405. The van der Waals surface area contributed by atoms with E-state index in [2.05, 4.69) is 5.10 Å². The molecule has 0 N–H and O–H groups in total. The smallest absolute Gasteiger partial charge is 0.545 e. The molecule has 0 fully saturated rings. The first-order valence-electron chi connectivity index (χ1n) is 3.63. The van der Waals surface area contributed by atoms with Gasteiger partial charge in [0.2, 0.25) is 0 Å². The van der Waals surface area contributed by atoms with E-state index in [0.29, 0.717) is 25.5 Å². The number of nitrogens with zero attached hydrogens (tertiary/aromatic N) is 2. The van der Waals surface area contributed by atoms with Gasteiger partial charge >= 0.3 is 18.9 Å². The molecule has 64 valence electrons. The van der Waals surface area contributed by atoms with Crippen molar-refractivity contribution in [2.45, 2.75) is 13.2 Å². The molecule has 0 unspecified atom stereocenters. The fraction of sp³-hybridized carbons (Fsp3) is 0.429. The topological polar surface area (TPSA) is 67.2 Å². The van der Waals surface area contributed by atoms with E-state index in [-0.39, 0.29) is 24.4 Å². The van der Waals surface area contributed by atoms with Crippen LogP contribution >= 0.6 is 0 Å². The molecule has 1 aromatic heterocycles. The minimum Gasteiger partial charge on any atom is -0.545 e. The van der Waals surface area contributed by atoms with Gasteiger partial charge in [0.25, 0.3) is 0 Å². The van der Waals surface area contributed by atoms with Gasteiger partial charge < -0.3 is 14.6 Å². The van der Waals surface area contributed by atoms with Crippen molar-refractivity contribution in [2.24, 2.45) is 0 Å². The van der Waals surface area contributed by atoms with Crippen LogP contribution in [0.1, 0.15) is 16.1 Å². The minimum absolute atomic E-state index is 0. The third kappa shape index (κ3) is 1.78. The molecule has 0 atom stereocenters. The largest absolute Gasteiger partial charge is 1.00 e. The zero-order valence-electron chi connectivity index (χ0n) is 7.32. The molecule has 1 aromatic rings. The molecule has 1 aliphatic heterocycles. The van der Waals surface area contributed by atoms with Crippen molar-refractivity contribution in [3.63, 3.8) is 0 Å². The van der Waals surface area contributed by atoms with Gasteiger partial charge in [-0.15, -0.1) is 0 Å². The summed E-state index contributed by atoms with van der Waals surface area (Å²) in [7, 11) is 0. The van der Waals surface area contributed by atoms with Gasteiger partial charge in [-0.1, -0.05) is 0 Å². The molecule has 0 saturated heterocycles. The number of aromatic carboxylic acids is 1. The summed E-state index contributed by atoms with van der Waals surface area (Å²) in [6, 6.07) is 0. The number of fused-ring (bicyclic) bond motifs is 1. The van der Waals surface area contributed by atoms with Crippen LogP contribution < -0.4 is 24.0 Å². The number of rotatable bonds is 1. The second-order valence-electron chi connectivity index (χ2n) is 2.57. The maximum absolute atomic E-state index is 10.5. The second kappa shape index (κ2) is 3.96. The first kappa shape index (κ1) is 10.3. The van der Waals surface area contributed by atoms with Gasteiger partial charge in [-0.05, 0) is 0 Å². The van der Waals surface area contributed by atoms with Crippen LogP contribution in [0.5, 0.6) is 0 Å². The average molecular weight is 174 g/mol. The number of ether oxygens (including phenoxy) is 1. The molecule has 0 saturated carbocycles. The van der Waals surface area contributed by atoms with Gasteiger partial charge in [0.1, 0.15) is 0 Å². The molecule has 1 aliphatic rings.